The number of nitrogens with one attached hydrogen (secondary N) is 1. The number of fused-ring (bicyclic) bond motifs is 1. The normalized spacial score (nSPS) is 16.8. The fraction of sp³-hybridized carbons (Fsp3) is 0.400. The van der Waals surface area contributed by atoms with Crippen molar-refractivity contribution in [3.63, 3.8) is 0 Å². The number of aromatic amines is 1. The number of H-pyrrole nitrogens is 1. The van der Waals surface area contributed by atoms with E-state index in [1.807, 2.05) is 13.0 Å². The zero-order chi connectivity index (χ0) is 16.5. The Morgan fingerprint density at radius 1 is 1.15 bits per heavy atom. The van der Waals surface area contributed by atoms with Crippen LogP contribution in [0.4, 0.5) is 5.82 Å². The van der Waals surface area contributed by atoms with Gasteiger partial charge in [-0.05, 0) is 44.2 Å². The summed E-state index contributed by atoms with van der Waals surface area (Å²) in [5.41, 5.74) is 4.37. The maximum atomic E-state index is 4.81. The highest BCUT2D eigenvalue weighted by molar-refractivity contribution is 5.91. The minimum atomic E-state index is 0. The Hall–Kier alpha value is -2.11. The van der Waals surface area contributed by atoms with E-state index in [2.05, 4.69) is 52.1 Å². The van der Waals surface area contributed by atoms with E-state index in [-0.39, 0.29) is 17.9 Å². The molecule has 5 nitrogen and oxygen atoms in total. The van der Waals surface area contributed by atoms with Crippen LogP contribution in [0.1, 0.15) is 38.4 Å². The van der Waals surface area contributed by atoms with E-state index >= 15 is 0 Å². The Morgan fingerprint density at radius 2 is 1.92 bits per heavy atom. The average Bonchev–Trinajstić information content (AvgIpc) is 3.05. The molecule has 3 heterocycles. The molecule has 3 aromatic rings. The maximum absolute atomic E-state index is 4.81. The Balaban J connectivity index is 0.00000121. The van der Waals surface area contributed by atoms with Gasteiger partial charge in [0.25, 0.3) is 0 Å². The Morgan fingerprint density at radius 3 is 2.65 bits per heavy atom. The van der Waals surface area contributed by atoms with Gasteiger partial charge in [0.1, 0.15) is 11.3 Å². The van der Waals surface area contributed by atoms with Crippen LogP contribution >= 0.6 is 12.4 Å². The zero-order valence-corrected chi connectivity index (χ0v) is 16.1. The Labute approximate surface area is 160 Å². The number of nitrogens with zero attached hydrogens (tertiary/aromatic N) is 3. The van der Waals surface area contributed by atoms with Gasteiger partial charge in [0.2, 0.25) is 0 Å². The quantitative estimate of drug-likeness (QED) is 0.742. The third kappa shape index (κ3) is 3.69. The number of aromatic nitrogens is 3. The fourth-order valence-electron chi connectivity index (χ4n) is 3.80. The first-order valence-electron chi connectivity index (χ1n) is 8.95. The Bertz CT molecular complexity index is 850. The van der Waals surface area contributed by atoms with E-state index in [1.165, 1.54) is 24.8 Å². The molecule has 0 radical (unpaired) electrons. The van der Waals surface area contributed by atoms with Crippen LogP contribution in [0.5, 0.6) is 0 Å². The molecule has 0 spiro atoms. The first kappa shape index (κ1) is 20.2. The van der Waals surface area contributed by atoms with Gasteiger partial charge in [-0.2, -0.15) is 0 Å². The molecule has 0 aliphatic carbocycles. The third-order valence-corrected chi connectivity index (χ3v) is 5.03. The van der Waals surface area contributed by atoms with Gasteiger partial charge < -0.3 is 15.4 Å². The molecule has 140 valence electrons. The van der Waals surface area contributed by atoms with E-state index in [9.17, 15) is 0 Å². The monoisotopic (exact) mass is 374 g/mol. The first-order valence-corrected chi connectivity index (χ1v) is 8.95. The number of benzene rings is 1. The van der Waals surface area contributed by atoms with Crippen molar-refractivity contribution in [3.05, 3.63) is 42.2 Å². The average molecular weight is 375 g/mol. The van der Waals surface area contributed by atoms with Gasteiger partial charge >= 0.3 is 0 Å². The smallest absolute Gasteiger partial charge is 0.157 e. The second-order valence-corrected chi connectivity index (χ2v) is 6.65. The van der Waals surface area contributed by atoms with Crippen molar-refractivity contribution in [2.45, 2.75) is 45.6 Å². The van der Waals surface area contributed by atoms with Crippen molar-refractivity contribution in [1.82, 2.24) is 15.0 Å². The molecule has 2 aromatic heterocycles. The van der Waals surface area contributed by atoms with Crippen molar-refractivity contribution >= 4 is 29.3 Å². The van der Waals surface area contributed by atoms with E-state index in [1.54, 1.807) is 0 Å². The number of rotatable bonds is 3. The topological polar surface area (TPSA) is 76.3 Å². The molecule has 1 aliphatic rings. The lowest BCUT2D eigenvalue weighted by Gasteiger charge is -2.36. The van der Waals surface area contributed by atoms with E-state index < -0.39 is 0 Å². The van der Waals surface area contributed by atoms with Crippen LogP contribution in [-0.2, 0) is 0 Å². The summed E-state index contributed by atoms with van der Waals surface area (Å²) in [7, 11) is 0. The molecule has 1 aromatic carbocycles. The summed E-state index contributed by atoms with van der Waals surface area (Å²) in [5.74, 6) is 1.92. The molecule has 0 amide bonds. The predicted molar refractivity (Wildman–Crippen MR) is 110 cm³/mol. The molecular formula is C20H27ClN4O. The van der Waals surface area contributed by atoms with Crippen molar-refractivity contribution in [3.8, 4) is 11.3 Å². The molecule has 1 atom stereocenters. The standard InChI is InChI=1S/C20H24N4.ClH.H2O/c1-3-16-11-7-8-12-24(16)20-19-18(21-14(2)22-20)13-17(23-19)15-9-5-4-6-10-15;;/h4-6,9-10,13,16,23H,3,7-8,11-12H2,1-2H3;1H;1H2. The second kappa shape index (κ2) is 8.52. The summed E-state index contributed by atoms with van der Waals surface area (Å²) in [4.78, 5) is 15.5. The number of hydrogen-bond donors (Lipinski definition) is 1. The van der Waals surface area contributed by atoms with E-state index in [0.29, 0.717) is 6.04 Å². The molecule has 3 N–H and O–H groups in total. The number of anilines is 1. The summed E-state index contributed by atoms with van der Waals surface area (Å²) in [5, 5.41) is 0. The number of piperidine rings is 1. The van der Waals surface area contributed by atoms with Crippen LogP contribution in [0.2, 0.25) is 0 Å². The summed E-state index contributed by atoms with van der Waals surface area (Å²) in [6.45, 7) is 5.35. The molecule has 1 fully saturated rings. The van der Waals surface area contributed by atoms with Gasteiger partial charge in [-0.25, -0.2) is 9.97 Å². The van der Waals surface area contributed by atoms with Gasteiger partial charge in [0, 0.05) is 18.3 Å². The molecule has 1 saturated heterocycles. The lowest BCUT2D eigenvalue weighted by molar-refractivity contribution is 0.447. The highest BCUT2D eigenvalue weighted by Gasteiger charge is 2.25. The molecule has 6 heteroatoms. The molecule has 1 unspecified atom stereocenters. The molecular weight excluding hydrogens is 348 g/mol. The zero-order valence-electron chi connectivity index (χ0n) is 15.3. The summed E-state index contributed by atoms with van der Waals surface area (Å²) in [6.07, 6.45) is 4.99. The van der Waals surface area contributed by atoms with Crippen molar-refractivity contribution < 1.29 is 5.48 Å². The minimum absolute atomic E-state index is 0. The lowest BCUT2D eigenvalue weighted by Crippen LogP contribution is -2.40. The summed E-state index contributed by atoms with van der Waals surface area (Å²) >= 11 is 0. The first-order chi connectivity index (χ1) is 11.8. The van der Waals surface area contributed by atoms with Crippen LogP contribution in [0.3, 0.4) is 0 Å². The van der Waals surface area contributed by atoms with Crippen LogP contribution in [0, 0.1) is 6.92 Å². The number of hydrogen-bond acceptors (Lipinski definition) is 3. The molecule has 0 saturated carbocycles. The molecule has 1 aliphatic heterocycles. The summed E-state index contributed by atoms with van der Waals surface area (Å²) in [6, 6.07) is 13.2. The van der Waals surface area contributed by atoms with Crippen LogP contribution in [0.15, 0.2) is 36.4 Å². The lowest BCUT2D eigenvalue weighted by atomic mass is 10.00. The highest BCUT2D eigenvalue weighted by atomic mass is 35.5. The van der Waals surface area contributed by atoms with Gasteiger partial charge in [0.15, 0.2) is 5.82 Å². The number of aryl methyl sites for hydroxylation is 1. The van der Waals surface area contributed by atoms with E-state index in [0.717, 1.165) is 41.3 Å². The Kier molecular flexibility index (Phi) is 6.62. The fourth-order valence-corrected chi connectivity index (χ4v) is 3.80. The molecule has 4 rings (SSSR count). The third-order valence-electron chi connectivity index (χ3n) is 5.03. The SMILES string of the molecule is CCC1CCCCN1c1nc(C)nc2cc(-c3ccccc3)[nH]c12.Cl.O. The minimum Gasteiger partial charge on any atom is -0.412 e. The van der Waals surface area contributed by atoms with Gasteiger partial charge in [-0.3, -0.25) is 0 Å². The molecule has 26 heavy (non-hydrogen) atoms. The molecule has 0 bridgehead atoms. The predicted octanol–water partition coefficient (Wildman–Crippen LogP) is 4.30. The van der Waals surface area contributed by atoms with E-state index in [4.69, 9.17) is 4.98 Å². The highest BCUT2D eigenvalue weighted by Crippen LogP contribution is 2.32. The largest absolute Gasteiger partial charge is 0.412 e. The maximum Gasteiger partial charge on any atom is 0.157 e. The van der Waals surface area contributed by atoms with Gasteiger partial charge in [-0.15, -0.1) is 12.4 Å². The second-order valence-electron chi connectivity index (χ2n) is 6.65. The summed E-state index contributed by atoms with van der Waals surface area (Å²) < 4.78 is 0. The van der Waals surface area contributed by atoms with Gasteiger partial charge in [0.05, 0.1) is 5.52 Å². The van der Waals surface area contributed by atoms with Crippen LogP contribution < -0.4 is 4.90 Å². The van der Waals surface area contributed by atoms with Gasteiger partial charge in [-0.1, -0.05) is 37.3 Å². The van der Waals surface area contributed by atoms with Crippen molar-refractivity contribution in [1.29, 1.82) is 0 Å². The van der Waals surface area contributed by atoms with Crippen LogP contribution in [0.25, 0.3) is 22.3 Å². The van der Waals surface area contributed by atoms with Crippen molar-refractivity contribution in [2.75, 3.05) is 11.4 Å². The van der Waals surface area contributed by atoms with Crippen molar-refractivity contribution in [2.24, 2.45) is 0 Å². The number of halogens is 1. The van der Waals surface area contributed by atoms with Crippen LogP contribution in [-0.4, -0.2) is 33.0 Å².